The normalized spacial score (nSPS) is 14.6. The molecule has 2 aromatic rings. The molecular formula is C18H22N2O3S3. The van der Waals surface area contributed by atoms with Crippen molar-refractivity contribution >= 4 is 40.1 Å². The maximum Gasteiger partial charge on any atom is 0.241 e. The molecule has 8 heteroatoms. The van der Waals surface area contributed by atoms with Gasteiger partial charge in [0.1, 0.15) is 10.6 Å². The zero-order valence-corrected chi connectivity index (χ0v) is 16.8. The average molecular weight is 411 g/mol. The molecule has 140 valence electrons. The number of rotatable bonds is 7. The summed E-state index contributed by atoms with van der Waals surface area (Å²) in [5, 5.41) is 6.19. The number of hydrogen-bond donors (Lipinski definition) is 2. The Morgan fingerprint density at radius 3 is 2.46 bits per heavy atom. The van der Waals surface area contributed by atoms with E-state index in [0.29, 0.717) is 22.3 Å². The number of anilines is 1. The largest absolute Gasteiger partial charge is 0.454 e. The van der Waals surface area contributed by atoms with Gasteiger partial charge in [0.05, 0.1) is 5.69 Å². The van der Waals surface area contributed by atoms with Crippen molar-refractivity contribution < 1.29 is 13.2 Å². The second-order valence-electron chi connectivity index (χ2n) is 6.07. The molecule has 3 rings (SSSR count). The molecule has 0 atom stereocenters. The van der Waals surface area contributed by atoms with Crippen molar-refractivity contribution in [1.82, 2.24) is 0 Å². The monoisotopic (exact) mass is 410 g/mol. The fourth-order valence-electron chi connectivity index (χ4n) is 3.00. The number of hydrogen-bond acceptors (Lipinski definition) is 6. The molecule has 1 heterocycles. The van der Waals surface area contributed by atoms with Gasteiger partial charge in [-0.05, 0) is 42.7 Å². The Hall–Kier alpha value is -1.35. The van der Waals surface area contributed by atoms with Crippen LogP contribution in [0.15, 0.2) is 47.4 Å². The Kier molecular flexibility index (Phi) is 6.39. The lowest BCUT2D eigenvalue weighted by molar-refractivity contribution is 0.467. The van der Waals surface area contributed by atoms with Gasteiger partial charge in [-0.15, -0.1) is 11.8 Å². The number of sulfonamides is 1. The molecule has 5 nitrogen and oxygen atoms in total. The van der Waals surface area contributed by atoms with Crippen LogP contribution >= 0.6 is 24.4 Å². The molecule has 2 aromatic carbocycles. The molecule has 0 saturated carbocycles. The van der Waals surface area contributed by atoms with Crippen LogP contribution < -0.4 is 14.8 Å². The van der Waals surface area contributed by atoms with Crippen LogP contribution in [0.4, 0.5) is 5.69 Å². The third-order valence-electron chi connectivity index (χ3n) is 4.17. The van der Waals surface area contributed by atoms with Gasteiger partial charge in [0.2, 0.25) is 10.0 Å². The fourth-order valence-corrected chi connectivity index (χ4v) is 4.49. The Labute approximate surface area is 164 Å². The summed E-state index contributed by atoms with van der Waals surface area (Å²) in [7, 11) is -3.93. The second-order valence-corrected chi connectivity index (χ2v) is 9.33. The molecule has 0 amide bonds. The fraction of sp³-hybridized carbons (Fsp3) is 0.333. The van der Waals surface area contributed by atoms with Crippen molar-refractivity contribution in [3.63, 3.8) is 0 Å². The summed E-state index contributed by atoms with van der Waals surface area (Å²) in [6.07, 6.45) is 2.15. The van der Waals surface area contributed by atoms with Crippen LogP contribution in [-0.2, 0) is 15.8 Å². The van der Waals surface area contributed by atoms with Crippen LogP contribution in [0.1, 0.15) is 18.4 Å². The summed E-state index contributed by atoms with van der Waals surface area (Å²) in [6, 6.07) is 12.8. The third-order valence-corrected chi connectivity index (χ3v) is 6.36. The standard InChI is InChI=1S/C18H22N2O3S3/c19-26(21,22)17-11-14(12-25-13-24)10-16(20-8-4-5-9-20)18(17)23-15-6-2-1-3-7-15/h1-3,6-7,10-11,24H,4-5,8-9,12-13H2,(H2,19,21,22). The first-order valence-corrected chi connectivity index (χ1v) is 11.7. The van der Waals surface area contributed by atoms with Gasteiger partial charge in [-0.1, -0.05) is 18.2 Å². The van der Waals surface area contributed by atoms with E-state index in [2.05, 4.69) is 17.5 Å². The number of para-hydroxylation sites is 1. The molecule has 2 N–H and O–H groups in total. The molecule has 0 aliphatic carbocycles. The summed E-state index contributed by atoms with van der Waals surface area (Å²) < 4.78 is 30.6. The maximum atomic E-state index is 12.3. The third kappa shape index (κ3) is 4.68. The summed E-state index contributed by atoms with van der Waals surface area (Å²) >= 11 is 5.83. The number of thioether (sulfide) groups is 1. The van der Waals surface area contributed by atoms with E-state index in [1.807, 2.05) is 24.3 Å². The maximum absolute atomic E-state index is 12.3. The zero-order valence-electron chi connectivity index (χ0n) is 14.3. The van der Waals surface area contributed by atoms with Crippen molar-refractivity contribution in [3.8, 4) is 11.5 Å². The van der Waals surface area contributed by atoms with Crippen LogP contribution in [0, 0.1) is 0 Å². The summed E-state index contributed by atoms with van der Waals surface area (Å²) in [6.45, 7) is 1.75. The van der Waals surface area contributed by atoms with E-state index in [0.717, 1.165) is 37.2 Å². The number of benzene rings is 2. The molecule has 0 radical (unpaired) electrons. The molecule has 1 saturated heterocycles. The van der Waals surface area contributed by atoms with E-state index in [4.69, 9.17) is 9.88 Å². The predicted octanol–water partition coefficient (Wildman–Crippen LogP) is 3.85. The Bertz CT molecular complexity index is 851. The minimum atomic E-state index is -3.93. The number of primary sulfonamides is 1. The first-order chi connectivity index (χ1) is 12.5. The molecule has 1 aliphatic heterocycles. The van der Waals surface area contributed by atoms with E-state index in [1.165, 1.54) is 0 Å². The molecule has 0 bridgehead atoms. The molecule has 1 aliphatic rings. The highest BCUT2D eigenvalue weighted by Gasteiger charge is 2.25. The van der Waals surface area contributed by atoms with E-state index in [1.54, 1.807) is 30.0 Å². The van der Waals surface area contributed by atoms with E-state index in [9.17, 15) is 8.42 Å². The Morgan fingerprint density at radius 1 is 1.15 bits per heavy atom. The van der Waals surface area contributed by atoms with Gasteiger partial charge in [0.15, 0.2) is 5.75 Å². The van der Waals surface area contributed by atoms with Crippen LogP contribution in [-0.4, -0.2) is 26.6 Å². The first-order valence-electron chi connectivity index (χ1n) is 8.35. The van der Waals surface area contributed by atoms with Crippen molar-refractivity contribution in [2.75, 3.05) is 23.1 Å². The summed E-state index contributed by atoms with van der Waals surface area (Å²) in [5.41, 5.74) is 1.68. The molecular weight excluding hydrogens is 388 g/mol. The van der Waals surface area contributed by atoms with Gasteiger partial charge < -0.3 is 9.64 Å². The second kappa shape index (κ2) is 8.56. The van der Waals surface area contributed by atoms with Gasteiger partial charge in [-0.25, -0.2) is 13.6 Å². The van der Waals surface area contributed by atoms with Crippen LogP contribution in [0.2, 0.25) is 0 Å². The van der Waals surface area contributed by atoms with Gasteiger partial charge in [0.25, 0.3) is 0 Å². The first kappa shape index (κ1) is 19.4. The molecule has 26 heavy (non-hydrogen) atoms. The van der Waals surface area contributed by atoms with Gasteiger partial charge in [0, 0.05) is 23.9 Å². The van der Waals surface area contributed by atoms with Crippen molar-refractivity contribution in [2.24, 2.45) is 5.14 Å². The van der Waals surface area contributed by atoms with E-state index in [-0.39, 0.29) is 4.90 Å². The number of nitrogens with two attached hydrogens (primary N) is 1. The topological polar surface area (TPSA) is 72.6 Å². The van der Waals surface area contributed by atoms with Gasteiger partial charge >= 0.3 is 0 Å². The zero-order chi connectivity index (χ0) is 18.6. The average Bonchev–Trinajstić information content (AvgIpc) is 3.15. The minimum Gasteiger partial charge on any atom is -0.454 e. The smallest absolute Gasteiger partial charge is 0.241 e. The number of thiol groups is 1. The summed E-state index contributed by atoms with van der Waals surface area (Å²) in [4.78, 5) is 2.20. The summed E-state index contributed by atoms with van der Waals surface area (Å²) in [5.74, 6) is 1.55. The Balaban J connectivity index is 2.13. The lowest BCUT2D eigenvalue weighted by Gasteiger charge is -2.24. The number of nitrogens with zero attached hydrogens (tertiary/aromatic N) is 1. The lowest BCUT2D eigenvalue weighted by Crippen LogP contribution is -2.21. The molecule has 1 fully saturated rings. The van der Waals surface area contributed by atoms with Gasteiger partial charge in [-0.2, -0.15) is 12.6 Å². The lowest BCUT2D eigenvalue weighted by atomic mass is 10.2. The van der Waals surface area contributed by atoms with Crippen molar-refractivity contribution in [3.05, 3.63) is 48.0 Å². The quantitative estimate of drug-likeness (QED) is 0.536. The predicted molar refractivity (Wildman–Crippen MR) is 111 cm³/mol. The van der Waals surface area contributed by atoms with E-state index < -0.39 is 10.0 Å². The van der Waals surface area contributed by atoms with Crippen LogP contribution in [0.25, 0.3) is 0 Å². The SMILES string of the molecule is NS(=O)(=O)c1cc(CSCS)cc(N2CCCC2)c1Oc1ccccc1. The van der Waals surface area contributed by atoms with Crippen LogP contribution in [0.3, 0.4) is 0 Å². The highest BCUT2D eigenvalue weighted by Crippen LogP contribution is 2.41. The Morgan fingerprint density at radius 2 is 1.85 bits per heavy atom. The number of ether oxygens (including phenoxy) is 1. The van der Waals surface area contributed by atoms with E-state index >= 15 is 0 Å². The van der Waals surface area contributed by atoms with Crippen molar-refractivity contribution in [2.45, 2.75) is 23.5 Å². The van der Waals surface area contributed by atoms with Crippen LogP contribution in [0.5, 0.6) is 11.5 Å². The minimum absolute atomic E-state index is 0.0283. The van der Waals surface area contributed by atoms with Gasteiger partial charge in [-0.3, -0.25) is 0 Å². The highest BCUT2D eigenvalue weighted by molar-refractivity contribution is 8.08. The molecule has 0 unspecified atom stereocenters. The molecule has 0 spiro atoms. The highest BCUT2D eigenvalue weighted by atomic mass is 32.2. The molecule has 0 aromatic heterocycles. The van der Waals surface area contributed by atoms with Crippen molar-refractivity contribution in [1.29, 1.82) is 0 Å².